The Kier molecular flexibility index (Phi) is 5.35. The largest absolute Gasteiger partial charge is 0.440 e. The van der Waals surface area contributed by atoms with E-state index >= 15 is 0 Å². The van der Waals surface area contributed by atoms with Crippen LogP contribution in [-0.2, 0) is 0 Å². The highest BCUT2D eigenvalue weighted by Gasteiger charge is 2.35. The second-order valence-electron chi connectivity index (χ2n) is 7.98. The SMILES string of the molecule is C[C@@H]1CC[C@@H](c2nc3cc(Cl)ccc3o2)CN1C(=O)c1c(F)cccc1-c1ncccn1. The second kappa shape index (κ2) is 8.31. The van der Waals surface area contributed by atoms with E-state index in [0.29, 0.717) is 39.9 Å². The topological polar surface area (TPSA) is 72.1 Å². The summed E-state index contributed by atoms with van der Waals surface area (Å²) in [4.78, 5) is 28.3. The van der Waals surface area contributed by atoms with Gasteiger partial charge in [-0.1, -0.05) is 23.7 Å². The number of amides is 1. The van der Waals surface area contributed by atoms with E-state index in [-0.39, 0.29) is 23.4 Å². The number of nitrogens with zero attached hydrogens (tertiary/aromatic N) is 4. The first-order valence-corrected chi connectivity index (χ1v) is 10.8. The average molecular weight is 451 g/mol. The number of likely N-dealkylation sites (tertiary alicyclic amines) is 1. The van der Waals surface area contributed by atoms with Gasteiger partial charge in [-0.15, -0.1) is 0 Å². The zero-order valence-electron chi connectivity index (χ0n) is 17.3. The van der Waals surface area contributed by atoms with Gasteiger partial charge < -0.3 is 9.32 Å². The summed E-state index contributed by atoms with van der Waals surface area (Å²) in [6, 6.07) is 11.4. The maximum atomic E-state index is 14.9. The van der Waals surface area contributed by atoms with Crippen molar-refractivity contribution in [2.24, 2.45) is 0 Å². The van der Waals surface area contributed by atoms with E-state index in [0.717, 1.165) is 12.8 Å². The third-order valence-electron chi connectivity index (χ3n) is 5.89. The lowest BCUT2D eigenvalue weighted by Gasteiger charge is -2.37. The zero-order valence-corrected chi connectivity index (χ0v) is 18.1. The van der Waals surface area contributed by atoms with Crippen LogP contribution in [0.15, 0.2) is 59.3 Å². The molecule has 0 bridgehead atoms. The van der Waals surface area contributed by atoms with Crippen LogP contribution in [0.2, 0.25) is 5.02 Å². The Balaban J connectivity index is 1.48. The summed E-state index contributed by atoms with van der Waals surface area (Å²) in [6.07, 6.45) is 4.71. The summed E-state index contributed by atoms with van der Waals surface area (Å²) < 4.78 is 20.9. The molecule has 0 spiro atoms. The lowest BCUT2D eigenvalue weighted by molar-refractivity contribution is 0.0594. The van der Waals surface area contributed by atoms with Gasteiger partial charge in [-0.05, 0) is 50.1 Å². The van der Waals surface area contributed by atoms with Gasteiger partial charge in [0.1, 0.15) is 11.3 Å². The van der Waals surface area contributed by atoms with Crippen LogP contribution < -0.4 is 0 Å². The number of piperidine rings is 1. The van der Waals surface area contributed by atoms with Crippen molar-refractivity contribution in [1.82, 2.24) is 19.9 Å². The van der Waals surface area contributed by atoms with Crippen molar-refractivity contribution in [3.8, 4) is 11.4 Å². The number of oxazole rings is 1. The first-order valence-electron chi connectivity index (χ1n) is 10.4. The fraction of sp³-hybridized carbons (Fsp3) is 0.250. The molecule has 4 aromatic rings. The number of hydrogen-bond donors (Lipinski definition) is 0. The molecule has 6 nitrogen and oxygen atoms in total. The van der Waals surface area contributed by atoms with E-state index in [9.17, 15) is 9.18 Å². The maximum Gasteiger partial charge on any atom is 0.257 e. The number of carbonyl (C=O) groups excluding carboxylic acids is 1. The van der Waals surface area contributed by atoms with Gasteiger partial charge >= 0.3 is 0 Å². The molecule has 8 heteroatoms. The number of benzene rings is 2. The first kappa shape index (κ1) is 20.6. The third-order valence-corrected chi connectivity index (χ3v) is 6.13. The molecule has 1 aliphatic rings. The van der Waals surface area contributed by atoms with Crippen molar-refractivity contribution in [2.45, 2.75) is 31.7 Å². The quantitative estimate of drug-likeness (QED) is 0.413. The highest BCUT2D eigenvalue weighted by molar-refractivity contribution is 6.31. The van der Waals surface area contributed by atoms with E-state index in [4.69, 9.17) is 16.0 Å². The lowest BCUT2D eigenvalue weighted by atomic mass is 9.92. The number of fused-ring (bicyclic) bond motifs is 1. The van der Waals surface area contributed by atoms with Crippen LogP contribution in [0.1, 0.15) is 41.9 Å². The Bertz CT molecular complexity index is 1290. The lowest BCUT2D eigenvalue weighted by Crippen LogP contribution is -2.45. The highest BCUT2D eigenvalue weighted by Crippen LogP contribution is 2.34. The van der Waals surface area contributed by atoms with Crippen LogP contribution in [-0.4, -0.2) is 38.3 Å². The van der Waals surface area contributed by atoms with Gasteiger partial charge in [-0.25, -0.2) is 19.3 Å². The number of rotatable bonds is 3. The number of carbonyl (C=O) groups is 1. The molecule has 0 unspecified atom stereocenters. The standard InChI is InChI=1S/C24H20ClFN4O2/c1-14-6-7-15(23-29-19-12-16(25)8-9-20(19)32-23)13-30(14)24(31)21-17(4-2-5-18(21)26)22-27-10-3-11-28-22/h2-5,8-12,14-15H,6-7,13H2,1H3/t14-,15-/m1/s1. The molecular weight excluding hydrogens is 431 g/mol. The van der Waals surface area contributed by atoms with Crippen molar-refractivity contribution in [3.63, 3.8) is 0 Å². The van der Waals surface area contributed by atoms with Crippen molar-refractivity contribution in [1.29, 1.82) is 0 Å². The number of halogens is 2. The van der Waals surface area contributed by atoms with E-state index in [1.54, 1.807) is 53.7 Å². The van der Waals surface area contributed by atoms with Gasteiger partial charge in [0.2, 0.25) is 0 Å². The molecule has 2 atom stereocenters. The Morgan fingerprint density at radius 3 is 2.78 bits per heavy atom. The van der Waals surface area contributed by atoms with Crippen LogP contribution in [0.25, 0.3) is 22.5 Å². The summed E-state index contributed by atoms with van der Waals surface area (Å²) in [6.45, 7) is 2.35. The highest BCUT2D eigenvalue weighted by atomic mass is 35.5. The van der Waals surface area contributed by atoms with Gasteiger partial charge in [-0.3, -0.25) is 4.79 Å². The van der Waals surface area contributed by atoms with Gasteiger partial charge in [0.05, 0.1) is 11.5 Å². The fourth-order valence-corrected chi connectivity index (χ4v) is 4.36. The molecule has 0 saturated carbocycles. The van der Waals surface area contributed by atoms with E-state index in [1.165, 1.54) is 6.07 Å². The van der Waals surface area contributed by atoms with Crippen molar-refractivity contribution < 1.29 is 13.6 Å². The second-order valence-corrected chi connectivity index (χ2v) is 8.42. The van der Waals surface area contributed by atoms with Crippen LogP contribution >= 0.6 is 11.6 Å². The minimum absolute atomic E-state index is 0.0180. The van der Waals surface area contributed by atoms with E-state index in [1.807, 2.05) is 6.92 Å². The zero-order chi connectivity index (χ0) is 22.2. The number of aromatic nitrogens is 3. The minimum Gasteiger partial charge on any atom is -0.440 e. The predicted octanol–water partition coefficient (Wildman–Crippen LogP) is 5.49. The van der Waals surface area contributed by atoms with Crippen LogP contribution in [0.5, 0.6) is 0 Å². The molecule has 3 heterocycles. The summed E-state index contributed by atoms with van der Waals surface area (Å²) in [7, 11) is 0. The van der Waals surface area contributed by atoms with Crippen molar-refractivity contribution >= 4 is 28.6 Å². The molecule has 0 radical (unpaired) electrons. The molecule has 32 heavy (non-hydrogen) atoms. The normalized spacial score (nSPS) is 18.8. The Morgan fingerprint density at radius 1 is 1.16 bits per heavy atom. The van der Waals surface area contributed by atoms with Gasteiger partial charge in [0, 0.05) is 35.6 Å². The maximum absolute atomic E-state index is 14.9. The smallest absolute Gasteiger partial charge is 0.257 e. The summed E-state index contributed by atoms with van der Waals surface area (Å²) in [5, 5.41) is 0.585. The van der Waals surface area contributed by atoms with Gasteiger partial charge in [0.25, 0.3) is 5.91 Å². The Morgan fingerprint density at radius 2 is 1.97 bits per heavy atom. The molecule has 2 aromatic carbocycles. The predicted molar refractivity (Wildman–Crippen MR) is 119 cm³/mol. The van der Waals surface area contributed by atoms with E-state index in [2.05, 4.69) is 15.0 Å². The molecule has 1 fully saturated rings. The fourth-order valence-electron chi connectivity index (χ4n) is 4.19. The third kappa shape index (κ3) is 3.73. The summed E-state index contributed by atoms with van der Waals surface area (Å²) >= 11 is 6.07. The Labute approximate surface area is 189 Å². The Hall–Kier alpha value is -3.32. The molecule has 0 N–H and O–H groups in total. The molecule has 1 amide bonds. The number of hydrogen-bond acceptors (Lipinski definition) is 5. The first-order chi connectivity index (χ1) is 15.5. The van der Waals surface area contributed by atoms with Crippen LogP contribution in [0, 0.1) is 5.82 Å². The molecule has 5 rings (SSSR count). The summed E-state index contributed by atoms with van der Waals surface area (Å²) in [5.41, 5.74) is 1.69. The molecular formula is C24H20ClFN4O2. The van der Waals surface area contributed by atoms with E-state index < -0.39 is 5.82 Å². The molecule has 0 aliphatic carbocycles. The van der Waals surface area contributed by atoms with Gasteiger partial charge in [-0.2, -0.15) is 0 Å². The minimum atomic E-state index is -0.592. The average Bonchev–Trinajstić information content (AvgIpc) is 3.22. The molecule has 1 aliphatic heterocycles. The molecule has 162 valence electrons. The van der Waals surface area contributed by atoms with Crippen LogP contribution in [0.3, 0.4) is 0 Å². The van der Waals surface area contributed by atoms with Gasteiger partial charge in [0.15, 0.2) is 17.3 Å². The molecule has 1 saturated heterocycles. The molecule has 2 aromatic heterocycles. The summed E-state index contributed by atoms with van der Waals surface area (Å²) in [5.74, 6) is -0.197. The van der Waals surface area contributed by atoms with Crippen LogP contribution in [0.4, 0.5) is 4.39 Å². The van der Waals surface area contributed by atoms with Crippen molar-refractivity contribution in [2.75, 3.05) is 6.54 Å². The van der Waals surface area contributed by atoms with Crippen molar-refractivity contribution in [3.05, 3.63) is 77.2 Å². The monoisotopic (exact) mass is 450 g/mol.